The predicted octanol–water partition coefficient (Wildman–Crippen LogP) is 3.21. The summed E-state index contributed by atoms with van der Waals surface area (Å²) in [5.74, 6) is -2.15. The van der Waals surface area contributed by atoms with Crippen LogP contribution in [0.5, 0.6) is 0 Å². The number of hydrogen-bond acceptors (Lipinski definition) is 4. The summed E-state index contributed by atoms with van der Waals surface area (Å²) in [4.78, 5) is 44.4. The van der Waals surface area contributed by atoms with Crippen molar-refractivity contribution in [3.63, 3.8) is 0 Å². The van der Waals surface area contributed by atoms with Gasteiger partial charge < -0.3 is 4.90 Å². The van der Waals surface area contributed by atoms with Gasteiger partial charge in [0.2, 0.25) is 5.91 Å². The molecule has 0 spiro atoms. The third-order valence-corrected chi connectivity index (χ3v) is 6.99. The first-order valence-electron chi connectivity index (χ1n) is 10.4. The Bertz CT molecular complexity index is 1490. The average Bonchev–Trinajstić information content (AvgIpc) is 3.17. The molecular weight excluding hydrogens is 448 g/mol. The van der Waals surface area contributed by atoms with Gasteiger partial charge in [-0.15, -0.1) is 11.3 Å². The number of rotatable bonds is 4. The molecule has 0 saturated heterocycles. The second-order valence-electron chi connectivity index (χ2n) is 8.01. The van der Waals surface area contributed by atoms with Crippen LogP contribution < -0.4 is 11.2 Å². The standard InChI is InChI=1S/C24H19F2N3O3S/c25-17-7-6-15(10-18(17)26)11-20(30)28-9-8-16-19(13-28)33-22-21(16)23(31)29(24(32)27-22)12-14-4-2-1-3-5-14/h1-7,10H,8-9,11-13H2,(H,27,32). The highest BCUT2D eigenvalue weighted by Gasteiger charge is 2.27. The Morgan fingerprint density at radius 3 is 2.58 bits per heavy atom. The maximum absolute atomic E-state index is 13.5. The summed E-state index contributed by atoms with van der Waals surface area (Å²) in [6, 6.07) is 12.7. The molecule has 0 aliphatic carbocycles. The van der Waals surface area contributed by atoms with E-state index >= 15 is 0 Å². The number of benzene rings is 2. The van der Waals surface area contributed by atoms with Gasteiger partial charge in [-0.3, -0.25) is 19.1 Å². The van der Waals surface area contributed by atoms with Crippen molar-refractivity contribution in [2.75, 3.05) is 6.54 Å². The Labute approximate surface area is 190 Å². The summed E-state index contributed by atoms with van der Waals surface area (Å²) in [7, 11) is 0. The minimum absolute atomic E-state index is 0.0435. The van der Waals surface area contributed by atoms with Crippen LogP contribution in [0.15, 0.2) is 58.1 Å². The summed E-state index contributed by atoms with van der Waals surface area (Å²) < 4.78 is 27.8. The number of amides is 1. The molecular formula is C24H19F2N3O3S. The van der Waals surface area contributed by atoms with E-state index in [0.717, 1.165) is 28.1 Å². The summed E-state index contributed by atoms with van der Waals surface area (Å²) in [5.41, 5.74) is 1.30. The molecule has 2 aromatic carbocycles. The van der Waals surface area contributed by atoms with Gasteiger partial charge in [-0.2, -0.15) is 0 Å². The first kappa shape index (κ1) is 21.3. The molecule has 0 unspecified atom stereocenters. The van der Waals surface area contributed by atoms with Crippen LogP contribution in [-0.4, -0.2) is 26.9 Å². The maximum Gasteiger partial charge on any atom is 0.329 e. The lowest BCUT2D eigenvalue weighted by Crippen LogP contribution is -2.37. The molecule has 33 heavy (non-hydrogen) atoms. The Balaban J connectivity index is 1.43. The molecule has 0 saturated carbocycles. The quantitative estimate of drug-likeness (QED) is 0.501. The van der Waals surface area contributed by atoms with Crippen LogP contribution in [0.4, 0.5) is 8.78 Å². The van der Waals surface area contributed by atoms with E-state index in [2.05, 4.69) is 4.98 Å². The summed E-state index contributed by atoms with van der Waals surface area (Å²) in [5, 5.41) is 0.498. The molecule has 0 fully saturated rings. The van der Waals surface area contributed by atoms with Crippen molar-refractivity contribution in [3.8, 4) is 0 Å². The fraction of sp³-hybridized carbons (Fsp3) is 0.208. The van der Waals surface area contributed by atoms with Gasteiger partial charge in [0, 0.05) is 11.4 Å². The van der Waals surface area contributed by atoms with Crippen molar-refractivity contribution in [2.24, 2.45) is 0 Å². The lowest BCUT2D eigenvalue weighted by molar-refractivity contribution is -0.131. The molecule has 0 radical (unpaired) electrons. The molecule has 6 nitrogen and oxygen atoms in total. The van der Waals surface area contributed by atoms with Crippen LogP contribution in [0.25, 0.3) is 10.2 Å². The number of thiophene rings is 1. The van der Waals surface area contributed by atoms with E-state index in [9.17, 15) is 23.2 Å². The van der Waals surface area contributed by atoms with Crippen molar-refractivity contribution in [3.05, 3.63) is 103 Å². The molecule has 0 bridgehead atoms. The van der Waals surface area contributed by atoms with Crippen LogP contribution in [0, 0.1) is 11.6 Å². The van der Waals surface area contributed by atoms with E-state index in [4.69, 9.17) is 0 Å². The number of carbonyl (C=O) groups is 1. The van der Waals surface area contributed by atoms with Crippen molar-refractivity contribution in [1.29, 1.82) is 0 Å². The first-order chi connectivity index (χ1) is 15.9. The molecule has 1 N–H and O–H groups in total. The lowest BCUT2D eigenvalue weighted by atomic mass is 10.0. The molecule has 1 amide bonds. The molecule has 1 aliphatic rings. The minimum Gasteiger partial charge on any atom is -0.337 e. The highest BCUT2D eigenvalue weighted by atomic mass is 32.1. The summed E-state index contributed by atoms with van der Waals surface area (Å²) in [6.07, 6.45) is 0.434. The Kier molecular flexibility index (Phi) is 5.41. The third kappa shape index (κ3) is 4.00. The summed E-state index contributed by atoms with van der Waals surface area (Å²) >= 11 is 1.30. The third-order valence-electron chi connectivity index (χ3n) is 5.86. The molecule has 168 valence electrons. The predicted molar refractivity (Wildman–Crippen MR) is 121 cm³/mol. The number of carbonyl (C=O) groups excluding carboxylic acids is 1. The largest absolute Gasteiger partial charge is 0.337 e. The van der Waals surface area contributed by atoms with E-state index in [1.165, 1.54) is 22.0 Å². The number of fused-ring (bicyclic) bond motifs is 3. The number of hydrogen-bond donors (Lipinski definition) is 1. The molecule has 1 aliphatic heterocycles. The van der Waals surface area contributed by atoms with E-state index in [1.54, 1.807) is 4.90 Å². The Hall–Kier alpha value is -3.59. The minimum atomic E-state index is -0.985. The van der Waals surface area contributed by atoms with Crippen molar-refractivity contribution in [2.45, 2.75) is 25.9 Å². The van der Waals surface area contributed by atoms with Crippen LogP contribution in [0.2, 0.25) is 0 Å². The van der Waals surface area contributed by atoms with Crippen molar-refractivity contribution < 1.29 is 13.6 Å². The van der Waals surface area contributed by atoms with Gasteiger partial charge in [-0.1, -0.05) is 36.4 Å². The average molecular weight is 467 g/mol. The monoisotopic (exact) mass is 467 g/mol. The number of aromatic amines is 1. The molecule has 0 atom stereocenters. The topological polar surface area (TPSA) is 75.2 Å². The van der Waals surface area contributed by atoms with Crippen LogP contribution in [-0.2, 0) is 30.7 Å². The van der Waals surface area contributed by atoms with Gasteiger partial charge in [0.05, 0.1) is 24.9 Å². The molecule has 9 heteroatoms. The van der Waals surface area contributed by atoms with E-state index in [1.807, 2.05) is 30.3 Å². The fourth-order valence-electron chi connectivity index (χ4n) is 4.17. The first-order valence-corrected chi connectivity index (χ1v) is 11.3. The molecule has 5 rings (SSSR count). The van der Waals surface area contributed by atoms with Gasteiger partial charge in [-0.05, 0) is 35.2 Å². The number of aromatic nitrogens is 2. The molecule has 3 heterocycles. The number of H-pyrrole nitrogens is 1. The SMILES string of the molecule is O=C(Cc1ccc(F)c(F)c1)N1CCc2c(sc3[nH]c(=O)n(Cc4ccccc4)c(=O)c23)C1. The molecule has 2 aromatic heterocycles. The van der Waals surface area contributed by atoms with Gasteiger partial charge in [0.25, 0.3) is 5.56 Å². The Morgan fingerprint density at radius 2 is 1.82 bits per heavy atom. The molecule has 4 aromatic rings. The summed E-state index contributed by atoms with van der Waals surface area (Å²) in [6.45, 7) is 0.879. The lowest BCUT2D eigenvalue weighted by Gasteiger charge is -2.27. The maximum atomic E-state index is 13.5. The Morgan fingerprint density at radius 1 is 1.03 bits per heavy atom. The van der Waals surface area contributed by atoms with Crippen molar-refractivity contribution >= 4 is 27.5 Å². The van der Waals surface area contributed by atoms with E-state index < -0.39 is 17.3 Å². The normalized spacial score (nSPS) is 13.3. The van der Waals surface area contributed by atoms with Gasteiger partial charge in [-0.25, -0.2) is 13.6 Å². The second kappa shape index (κ2) is 8.40. The van der Waals surface area contributed by atoms with Crippen molar-refractivity contribution in [1.82, 2.24) is 14.5 Å². The van der Waals surface area contributed by atoms with Crippen LogP contribution in [0.3, 0.4) is 0 Å². The zero-order valence-corrected chi connectivity index (χ0v) is 18.3. The number of nitrogens with zero attached hydrogens (tertiary/aromatic N) is 2. The smallest absolute Gasteiger partial charge is 0.329 e. The highest BCUT2D eigenvalue weighted by molar-refractivity contribution is 7.18. The zero-order chi connectivity index (χ0) is 23.1. The van der Waals surface area contributed by atoms with E-state index in [-0.39, 0.29) is 24.4 Å². The van der Waals surface area contributed by atoms with Gasteiger partial charge >= 0.3 is 5.69 Å². The van der Waals surface area contributed by atoms with E-state index in [0.29, 0.717) is 35.3 Å². The van der Waals surface area contributed by atoms with Crippen LogP contribution in [0.1, 0.15) is 21.6 Å². The van der Waals surface area contributed by atoms with Gasteiger partial charge in [0.1, 0.15) is 4.83 Å². The zero-order valence-electron chi connectivity index (χ0n) is 17.4. The van der Waals surface area contributed by atoms with Crippen LogP contribution >= 0.6 is 11.3 Å². The fourth-order valence-corrected chi connectivity index (χ4v) is 5.41. The highest BCUT2D eigenvalue weighted by Crippen LogP contribution is 2.32. The van der Waals surface area contributed by atoms with Gasteiger partial charge in [0.15, 0.2) is 11.6 Å². The number of nitrogens with one attached hydrogen (secondary N) is 1. The second-order valence-corrected chi connectivity index (χ2v) is 9.11. The number of halogens is 2.